The van der Waals surface area contributed by atoms with Gasteiger partial charge in [-0.05, 0) is 24.2 Å². The Morgan fingerprint density at radius 1 is 0.929 bits per heavy atom. The van der Waals surface area contributed by atoms with E-state index < -0.39 is 0 Å². The first-order chi connectivity index (χ1) is 6.65. The van der Waals surface area contributed by atoms with Crippen LogP contribution in [-0.4, -0.2) is 13.2 Å². The third-order valence-corrected chi connectivity index (χ3v) is 3.03. The van der Waals surface area contributed by atoms with Crippen LogP contribution in [0.2, 0.25) is 0 Å². The first-order valence-electron chi connectivity index (χ1n) is 6.23. The summed E-state index contributed by atoms with van der Waals surface area (Å²) in [6, 6.07) is 0. The Labute approximate surface area is 91.2 Å². The molecule has 0 atom stereocenters. The predicted molar refractivity (Wildman–Crippen MR) is 65.7 cm³/mol. The molecule has 0 radical (unpaired) electrons. The average Bonchev–Trinajstić information content (AvgIpc) is 2.25. The molecule has 1 aliphatic rings. The Balaban J connectivity index is 0. The van der Waals surface area contributed by atoms with Gasteiger partial charge in [-0.3, -0.25) is 0 Å². The summed E-state index contributed by atoms with van der Waals surface area (Å²) in [6.07, 6.45) is 2.48. The van der Waals surface area contributed by atoms with Crippen LogP contribution in [0.5, 0.6) is 0 Å². The van der Waals surface area contributed by atoms with Crippen molar-refractivity contribution in [2.24, 2.45) is 11.3 Å². The van der Waals surface area contributed by atoms with Crippen LogP contribution in [0.25, 0.3) is 0 Å². The van der Waals surface area contributed by atoms with E-state index in [0.29, 0.717) is 5.41 Å². The minimum Gasteiger partial charge on any atom is -0.381 e. The number of hydrogen-bond acceptors (Lipinski definition) is 1. The van der Waals surface area contributed by atoms with Gasteiger partial charge < -0.3 is 4.74 Å². The van der Waals surface area contributed by atoms with Crippen molar-refractivity contribution < 1.29 is 4.74 Å². The highest BCUT2D eigenvalue weighted by molar-refractivity contribution is 4.79. The van der Waals surface area contributed by atoms with Gasteiger partial charge in [-0.1, -0.05) is 48.5 Å². The molecule has 1 heteroatoms. The van der Waals surface area contributed by atoms with E-state index in [0.717, 1.165) is 19.1 Å². The fourth-order valence-electron chi connectivity index (χ4n) is 1.42. The second-order valence-corrected chi connectivity index (χ2v) is 3.92. The molecule has 0 aromatic rings. The molecular weight excluding hydrogens is 172 g/mol. The molecule has 1 saturated heterocycles. The summed E-state index contributed by atoms with van der Waals surface area (Å²) in [5.74, 6) is 0.802. The monoisotopic (exact) mass is 202 g/mol. The SMILES string of the molecule is CC.CC.CC(C)C1(C)CCOCC1. The van der Waals surface area contributed by atoms with Crippen LogP contribution in [-0.2, 0) is 4.74 Å². The summed E-state index contributed by atoms with van der Waals surface area (Å²) < 4.78 is 5.32. The van der Waals surface area contributed by atoms with Crippen LogP contribution >= 0.6 is 0 Å². The van der Waals surface area contributed by atoms with Crippen molar-refractivity contribution in [3.05, 3.63) is 0 Å². The first kappa shape index (κ1) is 16.4. The second kappa shape index (κ2) is 9.51. The summed E-state index contributed by atoms with van der Waals surface area (Å²) in [6.45, 7) is 16.9. The first-order valence-corrected chi connectivity index (χ1v) is 6.23. The Hall–Kier alpha value is -0.0400. The topological polar surface area (TPSA) is 9.23 Å². The van der Waals surface area contributed by atoms with Gasteiger partial charge in [0.2, 0.25) is 0 Å². The normalized spacial score (nSPS) is 18.9. The second-order valence-electron chi connectivity index (χ2n) is 3.92. The molecule has 0 aromatic carbocycles. The smallest absolute Gasteiger partial charge is 0.0471 e. The van der Waals surface area contributed by atoms with Gasteiger partial charge in [-0.2, -0.15) is 0 Å². The summed E-state index contributed by atoms with van der Waals surface area (Å²) in [5.41, 5.74) is 0.554. The largest absolute Gasteiger partial charge is 0.381 e. The minimum absolute atomic E-state index is 0.554. The molecule has 1 fully saturated rings. The quantitative estimate of drug-likeness (QED) is 0.608. The molecule has 0 aliphatic carbocycles. The lowest BCUT2D eigenvalue weighted by Gasteiger charge is -2.37. The molecule has 1 nitrogen and oxygen atoms in total. The van der Waals surface area contributed by atoms with Crippen molar-refractivity contribution >= 4 is 0 Å². The van der Waals surface area contributed by atoms with Crippen LogP contribution < -0.4 is 0 Å². The van der Waals surface area contributed by atoms with E-state index >= 15 is 0 Å². The fourth-order valence-corrected chi connectivity index (χ4v) is 1.42. The maximum Gasteiger partial charge on any atom is 0.0471 e. The highest BCUT2D eigenvalue weighted by Crippen LogP contribution is 2.36. The van der Waals surface area contributed by atoms with Gasteiger partial charge in [0.05, 0.1) is 0 Å². The minimum atomic E-state index is 0.554. The van der Waals surface area contributed by atoms with Gasteiger partial charge >= 0.3 is 0 Å². The van der Waals surface area contributed by atoms with Gasteiger partial charge in [-0.15, -0.1) is 0 Å². The van der Waals surface area contributed by atoms with E-state index in [-0.39, 0.29) is 0 Å². The Bertz CT molecular complexity index is 102. The van der Waals surface area contributed by atoms with E-state index in [1.165, 1.54) is 12.8 Å². The molecule has 0 unspecified atom stereocenters. The van der Waals surface area contributed by atoms with Crippen molar-refractivity contribution in [1.29, 1.82) is 0 Å². The molecule has 1 heterocycles. The Morgan fingerprint density at radius 3 is 1.50 bits per heavy atom. The van der Waals surface area contributed by atoms with Crippen molar-refractivity contribution in [3.63, 3.8) is 0 Å². The average molecular weight is 202 g/mol. The van der Waals surface area contributed by atoms with Crippen molar-refractivity contribution in [2.45, 2.75) is 61.3 Å². The van der Waals surface area contributed by atoms with Gasteiger partial charge in [0.1, 0.15) is 0 Å². The maximum atomic E-state index is 5.32. The molecule has 0 aromatic heterocycles. The lowest BCUT2D eigenvalue weighted by molar-refractivity contribution is 0.000602. The Kier molecular flexibility index (Phi) is 11.1. The van der Waals surface area contributed by atoms with Crippen LogP contribution in [0.3, 0.4) is 0 Å². The predicted octanol–water partition coefficient (Wildman–Crippen LogP) is 4.51. The van der Waals surface area contributed by atoms with Gasteiger partial charge in [0, 0.05) is 13.2 Å². The van der Waals surface area contributed by atoms with E-state index in [9.17, 15) is 0 Å². The molecule has 0 spiro atoms. The Morgan fingerprint density at radius 2 is 1.29 bits per heavy atom. The summed E-state index contributed by atoms with van der Waals surface area (Å²) in [5, 5.41) is 0. The summed E-state index contributed by atoms with van der Waals surface area (Å²) in [4.78, 5) is 0. The molecule has 14 heavy (non-hydrogen) atoms. The van der Waals surface area contributed by atoms with Crippen molar-refractivity contribution in [3.8, 4) is 0 Å². The van der Waals surface area contributed by atoms with Crippen LogP contribution in [0, 0.1) is 11.3 Å². The molecule has 88 valence electrons. The highest BCUT2D eigenvalue weighted by atomic mass is 16.5. The molecule has 0 bridgehead atoms. The van der Waals surface area contributed by atoms with E-state index in [2.05, 4.69) is 20.8 Å². The zero-order chi connectivity index (χ0) is 11.6. The third-order valence-electron chi connectivity index (χ3n) is 3.03. The lowest BCUT2D eigenvalue weighted by Crippen LogP contribution is -2.31. The number of rotatable bonds is 1. The zero-order valence-electron chi connectivity index (χ0n) is 11.3. The van der Waals surface area contributed by atoms with Crippen LogP contribution in [0.1, 0.15) is 61.3 Å². The molecule has 0 saturated carbocycles. The number of hydrogen-bond donors (Lipinski definition) is 0. The summed E-state index contributed by atoms with van der Waals surface area (Å²) >= 11 is 0. The standard InChI is InChI=1S/C9H18O.2C2H6/c1-8(2)9(3)4-6-10-7-5-9;2*1-2/h8H,4-7H2,1-3H3;2*1-2H3. The van der Waals surface area contributed by atoms with E-state index in [4.69, 9.17) is 4.74 Å². The molecule has 1 rings (SSSR count). The summed E-state index contributed by atoms with van der Waals surface area (Å²) in [7, 11) is 0. The molecule has 0 N–H and O–H groups in total. The van der Waals surface area contributed by atoms with Crippen LogP contribution in [0.4, 0.5) is 0 Å². The molecular formula is C13H30O. The number of ether oxygens (including phenoxy) is 1. The zero-order valence-corrected chi connectivity index (χ0v) is 11.3. The van der Waals surface area contributed by atoms with Crippen LogP contribution in [0.15, 0.2) is 0 Å². The van der Waals surface area contributed by atoms with Crippen molar-refractivity contribution in [2.75, 3.05) is 13.2 Å². The maximum absolute atomic E-state index is 5.32. The van der Waals surface area contributed by atoms with E-state index in [1.807, 2.05) is 27.7 Å². The molecule has 1 aliphatic heterocycles. The lowest BCUT2D eigenvalue weighted by atomic mass is 9.73. The highest BCUT2D eigenvalue weighted by Gasteiger charge is 2.30. The van der Waals surface area contributed by atoms with Gasteiger partial charge in [0.25, 0.3) is 0 Å². The third kappa shape index (κ3) is 5.64. The fraction of sp³-hybridized carbons (Fsp3) is 1.00. The van der Waals surface area contributed by atoms with Crippen molar-refractivity contribution in [1.82, 2.24) is 0 Å². The molecule has 0 amide bonds. The van der Waals surface area contributed by atoms with Gasteiger partial charge in [-0.25, -0.2) is 0 Å². The van der Waals surface area contributed by atoms with E-state index in [1.54, 1.807) is 0 Å². The van der Waals surface area contributed by atoms with Gasteiger partial charge in [0.15, 0.2) is 0 Å².